The quantitative estimate of drug-likeness (QED) is 0.198. The molecule has 11 nitrogen and oxygen atoms in total. The van der Waals surface area contributed by atoms with Crippen LogP contribution in [0.25, 0.3) is 0 Å². The highest BCUT2D eigenvalue weighted by Crippen LogP contribution is 2.38. The van der Waals surface area contributed by atoms with Crippen LogP contribution in [-0.2, 0) is 32.0 Å². The summed E-state index contributed by atoms with van der Waals surface area (Å²) in [4.78, 5) is 42.2. The van der Waals surface area contributed by atoms with E-state index in [9.17, 15) is 14.4 Å². The van der Waals surface area contributed by atoms with Crippen LogP contribution in [0.1, 0.15) is 75.2 Å². The Hall–Kier alpha value is -3.67. The van der Waals surface area contributed by atoms with Crippen molar-refractivity contribution in [1.29, 1.82) is 0 Å². The summed E-state index contributed by atoms with van der Waals surface area (Å²) in [5.74, 6) is 0.442. The number of nitrogens with one attached hydrogen (secondary N) is 2. The second kappa shape index (κ2) is 17.5. The van der Waals surface area contributed by atoms with E-state index in [-0.39, 0.29) is 13.2 Å². The molecule has 0 aliphatic carbocycles. The van der Waals surface area contributed by atoms with E-state index in [4.69, 9.17) is 24.1 Å². The molecule has 0 bridgehead atoms. The Labute approximate surface area is 278 Å². The zero-order valence-corrected chi connectivity index (χ0v) is 28.3. The smallest absolute Gasteiger partial charge is 0.320 e. The normalized spacial score (nSPS) is 21.0. The SMILES string of the molecule is COc1ccc2c(c1OC)CCC(C)(C)C(=O)C(=O)N1CCCCC1NCC(=O)OC(c1cccc(OCCNCCCO)c1)CC2. The first kappa shape index (κ1) is 36.2. The van der Waals surface area contributed by atoms with Crippen molar-refractivity contribution in [2.24, 2.45) is 5.41 Å². The molecule has 258 valence electrons. The van der Waals surface area contributed by atoms with Gasteiger partial charge in [-0.1, -0.05) is 32.0 Å². The van der Waals surface area contributed by atoms with Crippen LogP contribution < -0.4 is 24.8 Å². The number of rotatable bonds is 10. The number of carbonyl (C=O) groups is 3. The second-order valence-electron chi connectivity index (χ2n) is 12.8. The van der Waals surface area contributed by atoms with Crippen LogP contribution in [0.5, 0.6) is 17.2 Å². The summed E-state index contributed by atoms with van der Waals surface area (Å²) >= 11 is 0. The molecule has 2 aromatic carbocycles. The maximum absolute atomic E-state index is 13.6. The molecule has 3 N–H and O–H groups in total. The largest absolute Gasteiger partial charge is 0.493 e. The topological polar surface area (TPSA) is 136 Å². The van der Waals surface area contributed by atoms with Crippen molar-refractivity contribution in [3.8, 4) is 17.2 Å². The van der Waals surface area contributed by atoms with Crippen molar-refractivity contribution in [3.05, 3.63) is 53.1 Å². The van der Waals surface area contributed by atoms with Crippen molar-refractivity contribution in [1.82, 2.24) is 15.5 Å². The number of Topliss-reactive ketones (excluding diaryl/α,β-unsaturated/α-hetero) is 1. The standard InChI is InChI=1S/C36H51N3O8/c1-36(2)17-16-28-25(13-15-30(44-3)33(28)45-4)12-14-29(26-9-7-10-27(23-26)46-22-19-37-18-8-21-40)47-32(41)24-38-31-11-5-6-20-39(31)35(43)34(36)42/h7,9-10,13,15,23,29,31,37-38,40H,5-6,8,11-12,14,16-22,24H2,1-4H3. The van der Waals surface area contributed by atoms with Crippen LogP contribution >= 0.6 is 0 Å². The Morgan fingerprint density at radius 2 is 1.87 bits per heavy atom. The van der Waals surface area contributed by atoms with E-state index in [1.807, 2.05) is 50.2 Å². The Bertz CT molecular complexity index is 1360. The number of methoxy groups -OCH3 is 2. The van der Waals surface area contributed by atoms with Crippen LogP contribution in [0, 0.1) is 5.41 Å². The number of aliphatic hydroxyl groups excluding tert-OH is 1. The minimum absolute atomic E-state index is 0.0974. The van der Waals surface area contributed by atoms with Gasteiger partial charge in [-0.05, 0) is 87.2 Å². The van der Waals surface area contributed by atoms with E-state index in [1.165, 1.54) is 0 Å². The number of amides is 1. The zero-order chi connectivity index (χ0) is 33.8. The molecule has 2 aromatic rings. The van der Waals surface area contributed by atoms with Crippen molar-refractivity contribution in [3.63, 3.8) is 0 Å². The number of ether oxygens (including phenoxy) is 4. The molecule has 1 amide bonds. The van der Waals surface area contributed by atoms with Crippen LogP contribution in [-0.4, -0.2) is 87.4 Å². The van der Waals surface area contributed by atoms with Gasteiger partial charge >= 0.3 is 5.97 Å². The molecule has 2 heterocycles. The molecule has 2 aliphatic rings. The number of aryl methyl sites for hydroxylation is 1. The van der Waals surface area contributed by atoms with E-state index in [0.29, 0.717) is 82.0 Å². The maximum atomic E-state index is 13.6. The predicted molar refractivity (Wildman–Crippen MR) is 178 cm³/mol. The lowest BCUT2D eigenvalue weighted by atomic mass is 9.80. The van der Waals surface area contributed by atoms with Crippen molar-refractivity contribution >= 4 is 17.7 Å². The zero-order valence-electron chi connectivity index (χ0n) is 28.3. The van der Waals surface area contributed by atoms with Crippen LogP contribution in [0.4, 0.5) is 0 Å². The van der Waals surface area contributed by atoms with Gasteiger partial charge in [-0.3, -0.25) is 19.7 Å². The van der Waals surface area contributed by atoms with E-state index in [2.05, 4.69) is 10.6 Å². The molecule has 2 aliphatic heterocycles. The molecule has 0 saturated carbocycles. The van der Waals surface area contributed by atoms with Crippen LogP contribution in [0.3, 0.4) is 0 Å². The molecule has 4 rings (SSSR count). The Kier molecular flexibility index (Phi) is 13.4. The number of aliphatic hydroxyl groups is 1. The lowest BCUT2D eigenvalue weighted by molar-refractivity contribution is -0.153. The van der Waals surface area contributed by atoms with Crippen molar-refractivity contribution in [2.75, 3.05) is 53.6 Å². The van der Waals surface area contributed by atoms with Gasteiger partial charge in [0.15, 0.2) is 11.5 Å². The highest BCUT2D eigenvalue weighted by molar-refractivity contribution is 6.38. The number of hydrogen-bond donors (Lipinski definition) is 3. The first-order valence-corrected chi connectivity index (χ1v) is 16.7. The van der Waals surface area contributed by atoms with Gasteiger partial charge in [-0.25, -0.2) is 0 Å². The number of cyclic esters (lactones) is 1. The second-order valence-corrected chi connectivity index (χ2v) is 12.8. The first-order chi connectivity index (χ1) is 22.7. The lowest BCUT2D eigenvalue weighted by Crippen LogP contribution is -2.56. The van der Waals surface area contributed by atoms with Gasteiger partial charge in [0.05, 0.1) is 26.9 Å². The van der Waals surface area contributed by atoms with Gasteiger partial charge < -0.3 is 34.3 Å². The number of ketones is 1. The molecular formula is C36H51N3O8. The maximum Gasteiger partial charge on any atom is 0.320 e. The van der Waals surface area contributed by atoms with E-state index < -0.39 is 35.3 Å². The van der Waals surface area contributed by atoms with Gasteiger partial charge in [-0.15, -0.1) is 0 Å². The third-order valence-corrected chi connectivity index (χ3v) is 9.04. The van der Waals surface area contributed by atoms with Crippen molar-refractivity contribution in [2.45, 2.75) is 77.5 Å². The third kappa shape index (κ3) is 9.68. The number of benzene rings is 2. The summed E-state index contributed by atoms with van der Waals surface area (Å²) in [6.07, 6.45) is 4.01. The van der Waals surface area contributed by atoms with Gasteiger partial charge in [0.1, 0.15) is 18.5 Å². The highest BCUT2D eigenvalue weighted by atomic mass is 16.5. The monoisotopic (exact) mass is 653 g/mol. The number of piperidine rings is 1. The molecule has 0 aromatic heterocycles. The van der Waals surface area contributed by atoms with E-state index >= 15 is 0 Å². The molecular weight excluding hydrogens is 602 g/mol. The number of nitrogens with zero attached hydrogens (tertiary/aromatic N) is 1. The molecule has 0 spiro atoms. The minimum Gasteiger partial charge on any atom is -0.493 e. The molecule has 11 heteroatoms. The van der Waals surface area contributed by atoms with E-state index in [1.54, 1.807) is 19.1 Å². The molecule has 2 atom stereocenters. The average Bonchev–Trinajstić information content (AvgIpc) is 3.08. The predicted octanol–water partition coefficient (Wildman–Crippen LogP) is 3.74. The summed E-state index contributed by atoms with van der Waals surface area (Å²) in [5, 5.41) is 15.4. The molecule has 1 fully saturated rings. The number of fused-ring (bicyclic) bond motifs is 2. The fraction of sp³-hybridized carbons (Fsp3) is 0.583. The number of carbonyl (C=O) groups excluding carboxylic acids is 3. The fourth-order valence-corrected chi connectivity index (χ4v) is 6.25. The third-order valence-electron chi connectivity index (χ3n) is 9.04. The van der Waals surface area contributed by atoms with Gasteiger partial charge in [0.2, 0.25) is 5.78 Å². The van der Waals surface area contributed by atoms with Crippen LogP contribution in [0.15, 0.2) is 36.4 Å². The fourth-order valence-electron chi connectivity index (χ4n) is 6.25. The Balaban J connectivity index is 1.65. The van der Waals surface area contributed by atoms with Gasteiger partial charge in [-0.2, -0.15) is 0 Å². The number of hydrogen-bond acceptors (Lipinski definition) is 10. The Morgan fingerprint density at radius 3 is 2.64 bits per heavy atom. The number of esters is 1. The lowest BCUT2D eigenvalue weighted by Gasteiger charge is -2.37. The van der Waals surface area contributed by atoms with Gasteiger partial charge in [0, 0.05) is 30.7 Å². The summed E-state index contributed by atoms with van der Waals surface area (Å²) in [5.41, 5.74) is 1.78. The average molecular weight is 654 g/mol. The molecule has 0 radical (unpaired) electrons. The minimum atomic E-state index is -0.919. The summed E-state index contributed by atoms with van der Waals surface area (Å²) in [6.45, 7) is 5.95. The summed E-state index contributed by atoms with van der Waals surface area (Å²) < 4.78 is 23.5. The van der Waals surface area contributed by atoms with Crippen molar-refractivity contribution < 1.29 is 38.4 Å². The summed E-state index contributed by atoms with van der Waals surface area (Å²) in [7, 11) is 3.18. The molecule has 1 saturated heterocycles. The Morgan fingerprint density at radius 1 is 1.04 bits per heavy atom. The van der Waals surface area contributed by atoms with Crippen LogP contribution in [0.2, 0.25) is 0 Å². The highest BCUT2D eigenvalue weighted by Gasteiger charge is 2.39. The molecule has 2 unspecified atom stereocenters. The first-order valence-electron chi connectivity index (χ1n) is 16.7. The summed E-state index contributed by atoms with van der Waals surface area (Å²) in [6, 6.07) is 11.5. The molecule has 47 heavy (non-hydrogen) atoms. The van der Waals surface area contributed by atoms with Gasteiger partial charge in [0.25, 0.3) is 5.91 Å². The van der Waals surface area contributed by atoms with E-state index in [0.717, 1.165) is 29.5 Å².